The zero-order valence-electron chi connectivity index (χ0n) is 10.9. The van der Waals surface area contributed by atoms with E-state index in [2.05, 4.69) is 0 Å². The van der Waals surface area contributed by atoms with E-state index in [0.717, 1.165) is 6.42 Å². The molecular weight excluding hydrogens is 232 g/mol. The van der Waals surface area contributed by atoms with E-state index >= 15 is 0 Å². The van der Waals surface area contributed by atoms with Crippen LogP contribution in [0.15, 0.2) is 30.3 Å². The maximum Gasteiger partial charge on any atom is 0.305 e. The van der Waals surface area contributed by atoms with Crippen LogP contribution in [0.4, 0.5) is 0 Å². The number of aliphatic carboxylic acids is 1. The summed E-state index contributed by atoms with van der Waals surface area (Å²) in [5.41, 5.74) is 1.20. The smallest absolute Gasteiger partial charge is 0.305 e. The Morgan fingerprint density at radius 3 is 2.11 bits per heavy atom. The second kappa shape index (κ2) is 10.3. The predicted octanol–water partition coefficient (Wildman–Crippen LogP) is 2.66. The highest BCUT2D eigenvalue weighted by Crippen LogP contribution is 1.99. The van der Waals surface area contributed by atoms with Crippen molar-refractivity contribution in [1.82, 2.24) is 0 Å². The Morgan fingerprint density at radius 2 is 1.67 bits per heavy atom. The van der Waals surface area contributed by atoms with Crippen molar-refractivity contribution in [3.05, 3.63) is 35.9 Å². The summed E-state index contributed by atoms with van der Waals surface area (Å²) in [6, 6.07) is 10.00. The van der Waals surface area contributed by atoms with Gasteiger partial charge in [-0.3, -0.25) is 9.59 Å². The quantitative estimate of drug-likeness (QED) is 0.818. The van der Waals surface area contributed by atoms with E-state index in [4.69, 9.17) is 9.84 Å². The normalized spacial score (nSPS) is 9.00. The molecule has 1 rings (SSSR count). The van der Waals surface area contributed by atoms with Gasteiger partial charge >= 0.3 is 11.9 Å². The molecule has 0 fully saturated rings. The summed E-state index contributed by atoms with van der Waals surface area (Å²) in [6.07, 6.45) is 1.47. The molecule has 0 radical (unpaired) electrons. The molecule has 0 aliphatic rings. The number of ether oxygens (including phenoxy) is 1. The largest absolute Gasteiger partial charge is 0.481 e. The lowest BCUT2D eigenvalue weighted by Crippen LogP contribution is -2.05. The molecule has 4 heteroatoms. The van der Waals surface area contributed by atoms with Crippen molar-refractivity contribution in [3.8, 4) is 0 Å². The van der Waals surface area contributed by atoms with Crippen LogP contribution in [0.5, 0.6) is 0 Å². The molecule has 0 atom stereocenters. The molecule has 1 aromatic rings. The molecular formula is C14H20O4. The Hall–Kier alpha value is -1.84. The van der Waals surface area contributed by atoms with Gasteiger partial charge in [0.1, 0.15) is 0 Å². The highest BCUT2D eigenvalue weighted by molar-refractivity contribution is 5.68. The fourth-order valence-electron chi connectivity index (χ4n) is 1.03. The van der Waals surface area contributed by atoms with Gasteiger partial charge in [-0.05, 0) is 5.56 Å². The molecule has 0 bridgehead atoms. The molecule has 0 unspecified atom stereocenters. The third kappa shape index (κ3) is 9.39. The number of esters is 1. The van der Waals surface area contributed by atoms with Crippen molar-refractivity contribution in [2.45, 2.75) is 33.1 Å². The van der Waals surface area contributed by atoms with E-state index in [9.17, 15) is 9.59 Å². The Labute approximate surface area is 108 Å². The molecule has 0 saturated heterocycles. The number of hydrogen-bond acceptors (Lipinski definition) is 3. The van der Waals surface area contributed by atoms with Crippen LogP contribution in [0.2, 0.25) is 0 Å². The summed E-state index contributed by atoms with van der Waals surface area (Å²) in [7, 11) is 0. The van der Waals surface area contributed by atoms with Crippen molar-refractivity contribution in [1.29, 1.82) is 0 Å². The first-order valence-electron chi connectivity index (χ1n) is 6.01. The van der Waals surface area contributed by atoms with Gasteiger partial charge in [0.15, 0.2) is 0 Å². The first-order chi connectivity index (χ1) is 8.60. The molecule has 0 aliphatic carbocycles. The van der Waals surface area contributed by atoms with Crippen LogP contribution < -0.4 is 0 Å². The van der Waals surface area contributed by atoms with Crippen molar-refractivity contribution in [3.63, 3.8) is 0 Å². The van der Waals surface area contributed by atoms with Crippen LogP contribution in [-0.4, -0.2) is 23.7 Å². The lowest BCUT2D eigenvalue weighted by molar-refractivity contribution is -0.143. The van der Waals surface area contributed by atoms with Gasteiger partial charge in [-0.1, -0.05) is 44.2 Å². The average Bonchev–Trinajstić information content (AvgIpc) is 2.40. The van der Waals surface area contributed by atoms with Gasteiger partial charge in [0.25, 0.3) is 0 Å². The van der Waals surface area contributed by atoms with E-state index in [-0.39, 0.29) is 12.4 Å². The second-order valence-corrected chi connectivity index (χ2v) is 3.56. The number of carboxylic acids is 1. The van der Waals surface area contributed by atoms with Gasteiger partial charge in [0, 0.05) is 19.3 Å². The fourth-order valence-corrected chi connectivity index (χ4v) is 1.03. The molecule has 100 valence electrons. The summed E-state index contributed by atoms with van der Waals surface area (Å²) in [5, 5.41) is 7.72. The summed E-state index contributed by atoms with van der Waals surface area (Å²) in [5.74, 6) is -0.874. The lowest BCUT2D eigenvalue weighted by atomic mass is 10.2. The molecule has 0 spiro atoms. The van der Waals surface area contributed by atoms with Gasteiger partial charge in [0.05, 0.1) is 6.61 Å². The third-order valence-corrected chi connectivity index (χ3v) is 2.09. The van der Waals surface area contributed by atoms with Gasteiger partial charge < -0.3 is 9.84 Å². The minimum absolute atomic E-state index is 0.129. The maximum atomic E-state index is 10.8. The van der Waals surface area contributed by atoms with Gasteiger partial charge in [0.2, 0.25) is 0 Å². The molecule has 0 aliphatic heterocycles. The van der Waals surface area contributed by atoms with Crippen LogP contribution in [0.25, 0.3) is 0 Å². The molecule has 0 saturated carbocycles. The van der Waals surface area contributed by atoms with Crippen LogP contribution in [0, 0.1) is 0 Å². The Balaban J connectivity index is 0.000000494. The first-order valence-corrected chi connectivity index (χ1v) is 6.01. The molecule has 0 heterocycles. The number of carboxylic acid groups (broad SMARTS) is 1. The van der Waals surface area contributed by atoms with Crippen LogP contribution in [0.3, 0.4) is 0 Å². The fraction of sp³-hybridized carbons (Fsp3) is 0.429. The Morgan fingerprint density at radius 1 is 1.11 bits per heavy atom. The standard InChI is InChI=1S/C11H14O2.C3H6O2/c1-2-11(12)13-9-8-10-6-4-3-5-7-10;1-2-3(4)5/h3-7H,2,8-9H2,1H3;2H2,1H3,(H,4,5). The minimum atomic E-state index is -0.745. The summed E-state index contributed by atoms with van der Waals surface area (Å²) in [4.78, 5) is 20.1. The predicted molar refractivity (Wildman–Crippen MR) is 69.3 cm³/mol. The summed E-state index contributed by atoms with van der Waals surface area (Å²) in [6.45, 7) is 3.88. The Bertz CT molecular complexity index is 346. The second-order valence-electron chi connectivity index (χ2n) is 3.56. The van der Waals surface area contributed by atoms with E-state index in [1.807, 2.05) is 30.3 Å². The molecule has 1 aromatic carbocycles. The van der Waals surface area contributed by atoms with Crippen molar-refractivity contribution in [2.24, 2.45) is 0 Å². The maximum absolute atomic E-state index is 10.8. The average molecular weight is 252 g/mol. The zero-order chi connectivity index (χ0) is 13.8. The monoisotopic (exact) mass is 252 g/mol. The number of hydrogen-bond donors (Lipinski definition) is 1. The number of rotatable bonds is 5. The van der Waals surface area contributed by atoms with Gasteiger partial charge in [-0.2, -0.15) is 0 Å². The molecule has 0 amide bonds. The van der Waals surface area contributed by atoms with Crippen LogP contribution in [0.1, 0.15) is 32.3 Å². The molecule has 1 N–H and O–H groups in total. The molecule has 4 nitrogen and oxygen atoms in total. The summed E-state index contributed by atoms with van der Waals surface area (Å²) < 4.78 is 4.96. The minimum Gasteiger partial charge on any atom is -0.481 e. The number of carbonyl (C=O) groups is 2. The SMILES string of the molecule is CCC(=O)O.CCC(=O)OCCc1ccccc1. The topological polar surface area (TPSA) is 63.6 Å². The van der Waals surface area contributed by atoms with Crippen molar-refractivity contribution >= 4 is 11.9 Å². The zero-order valence-corrected chi connectivity index (χ0v) is 10.9. The highest BCUT2D eigenvalue weighted by atomic mass is 16.5. The van der Waals surface area contributed by atoms with Gasteiger partial charge in [-0.25, -0.2) is 0 Å². The summed E-state index contributed by atoms with van der Waals surface area (Å²) >= 11 is 0. The van der Waals surface area contributed by atoms with Crippen LogP contribution >= 0.6 is 0 Å². The van der Waals surface area contributed by atoms with E-state index in [0.29, 0.717) is 13.0 Å². The molecule has 0 aromatic heterocycles. The van der Waals surface area contributed by atoms with Crippen molar-refractivity contribution in [2.75, 3.05) is 6.61 Å². The lowest BCUT2D eigenvalue weighted by Gasteiger charge is -2.02. The van der Waals surface area contributed by atoms with Gasteiger partial charge in [-0.15, -0.1) is 0 Å². The Kier molecular flexibility index (Phi) is 9.27. The van der Waals surface area contributed by atoms with E-state index < -0.39 is 5.97 Å². The van der Waals surface area contributed by atoms with Crippen LogP contribution in [-0.2, 0) is 20.7 Å². The highest BCUT2D eigenvalue weighted by Gasteiger charge is 1.97. The van der Waals surface area contributed by atoms with E-state index in [1.54, 1.807) is 13.8 Å². The number of carbonyl (C=O) groups excluding carboxylic acids is 1. The first kappa shape index (κ1) is 16.2. The van der Waals surface area contributed by atoms with E-state index in [1.165, 1.54) is 5.56 Å². The number of benzene rings is 1. The molecule has 18 heavy (non-hydrogen) atoms. The van der Waals surface area contributed by atoms with Crippen molar-refractivity contribution < 1.29 is 19.4 Å². The third-order valence-electron chi connectivity index (χ3n) is 2.09.